The summed E-state index contributed by atoms with van der Waals surface area (Å²) < 4.78 is 11.8. The summed E-state index contributed by atoms with van der Waals surface area (Å²) in [6.07, 6.45) is 1.05. The van der Waals surface area contributed by atoms with E-state index in [0.717, 1.165) is 37.0 Å². The van der Waals surface area contributed by atoms with E-state index >= 15 is 0 Å². The molecule has 2 aromatic rings. The Balaban J connectivity index is 0.00000240. The first-order valence-electron chi connectivity index (χ1n) is 9.88. The first-order chi connectivity index (χ1) is 13.7. The Morgan fingerprint density at radius 1 is 1.14 bits per heavy atom. The Morgan fingerprint density at radius 3 is 2.66 bits per heavy atom. The van der Waals surface area contributed by atoms with E-state index in [0.29, 0.717) is 19.2 Å². The number of ether oxygens (including phenoxy) is 2. The van der Waals surface area contributed by atoms with E-state index in [-0.39, 0.29) is 30.1 Å². The summed E-state index contributed by atoms with van der Waals surface area (Å²) in [5.74, 6) is 2.41. The van der Waals surface area contributed by atoms with Gasteiger partial charge in [0.1, 0.15) is 12.7 Å². The molecule has 156 valence electrons. The highest BCUT2D eigenvalue weighted by atomic mass is 127. The van der Waals surface area contributed by atoms with Gasteiger partial charge in [-0.25, -0.2) is 0 Å². The molecule has 0 amide bonds. The fraction of sp³-hybridized carbons (Fsp3) is 0.409. The number of para-hydroxylation sites is 2. The number of guanidine groups is 1. The zero-order valence-corrected chi connectivity index (χ0v) is 19.3. The number of hydrogen-bond acceptors (Lipinski definition) is 4. The first-order valence-corrected chi connectivity index (χ1v) is 9.88. The Morgan fingerprint density at radius 2 is 1.90 bits per heavy atom. The largest absolute Gasteiger partial charge is 0.486 e. The lowest BCUT2D eigenvalue weighted by molar-refractivity contribution is 0.0936. The molecule has 2 heterocycles. The van der Waals surface area contributed by atoms with Gasteiger partial charge in [-0.05, 0) is 37.6 Å². The Labute approximate surface area is 189 Å². The highest BCUT2D eigenvalue weighted by molar-refractivity contribution is 14.0. The third-order valence-corrected chi connectivity index (χ3v) is 5.22. The van der Waals surface area contributed by atoms with Crippen LogP contribution in [0.4, 0.5) is 5.69 Å². The second-order valence-corrected chi connectivity index (χ2v) is 7.36. The van der Waals surface area contributed by atoms with Crippen molar-refractivity contribution in [3.8, 4) is 11.5 Å². The number of aliphatic imine (C=N–C) groups is 1. The lowest BCUT2D eigenvalue weighted by atomic mass is 10.2. The van der Waals surface area contributed by atoms with Crippen LogP contribution in [0.2, 0.25) is 0 Å². The minimum Gasteiger partial charge on any atom is -0.486 e. The van der Waals surface area contributed by atoms with Crippen molar-refractivity contribution in [2.24, 2.45) is 4.99 Å². The fourth-order valence-electron chi connectivity index (χ4n) is 3.63. The maximum Gasteiger partial charge on any atom is 0.191 e. The van der Waals surface area contributed by atoms with E-state index in [1.807, 2.05) is 24.3 Å². The maximum atomic E-state index is 6.00. The molecule has 0 bridgehead atoms. The normalized spacial score (nSPS) is 20.8. The predicted molar refractivity (Wildman–Crippen MR) is 128 cm³/mol. The molecule has 6 nitrogen and oxygen atoms in total. The second-order valence-electron chi connectivity index (χ2n) is 7.36. The summed E-state index contributed by atoms with van der Waals surface area (Å²) in [5, 5.41) is 6.91. The Kier molecular flexibility index (Phi) is 7.46. The zero-order valence-electron chi connectivity index (χ0n) is 16.9. The molecule has 4 rings (SSSR count). The molecule has 0 saturated carbocycles. The van der Waals surface area contributed by atoms with Crippen LogP contribution in [-0.2, 0) is 0 Å². The van der Waals surface area contributed by atoms with E-state index in [1.165, 1.54) is 11.3 Å². The molecule has 7 heteroatoms. The van der Waals surface area contributed by atoms with Crippen molar-refractivity contribution < 1.29 is 9.47 Å². The lowest BCUT2D eigenvalue weighted by Crippen LogP contribution is -2.48. The molecule has 2 aromatic carbocycles. The SMILES string of the molecule is CN=C(NCC1COc2ccccc2O1)NC1CCN(c2ccc(C)cc2)C1.I. The average molecular weight is 508 g/mol. The molecule has 29 heavy (non-hydrogen) atoms. The van der Waals surface area contributed by atoms with Crippen molar-refractivity contribution >= 4 is 35.6 Å². The standard InChI is InChI=1S/C22H28N4O2.HI/c1-16-7-9-18(10-8-16)26-12-11-17(14-26)25-22(23-2)24-13-19-15-27-20-5-3-4-6-21(20)28-19;/h3-10,17,19H,11-15H2,1-2H3,(H2,23,24,25);1H. The van der Waals surface area contributed by atoms with Gasteiger partial charge in [0.25, 0.3) is 0 Å². The van der Waals surface area contributed by atoms with Crippen molar-refractivity contribution in [3.63, 3.8) is 0 Å². The number of halogens is 1. The smallest absolute Gasteiger partial charge is 0.191 e. The summed E-state index contributed by atoms with van der Waals surface area (Å²) >= 11 is 0. The molecule has 0 aromatic heterocycles. The molecule has 0 spiro atoms. The number of benzene rings is 2. The van der Waals surface area contributed by atoms with Gasteiger partial charge in [0.2, 0.25) is 0 Å². The van der Waals surface area contributed by atoms with Gasteiger partial charge in [0, 0.05) is 31.9 Å². The van der Waals surface area contributed by atoms with Gasteiger partial charge in [-0.1, -0.05) is 29.8 Å². The molecule has 2 atom stereocenters. The molecule has 1 saturated heterocycles. The fourth-order valence-corrected chi connectivity index (χ4v) is 3.63. The van der Waals surface area contributed by atoms with Crippen LogP contribution in [0.5, 0.6) is 11.5 Å². The van der Waals surface area contributed by atoms with Crippen LogP contribution in [0.3, 0.4) is 0 Å². The third-order valence-electron chi connectivity index (χ3n) is 5.22. The highest BCUT2D eigenvalue weighted by Crippen LogP contribution is 2.30. The quantitative estimate of drug-likeness (QED) is 0.378. The van der Waals surface area contributed by atoms with E-state index < -0.39 is 0 Å². The average Bonchev–Trinajstić information content (AvgIpc) is 3.20. The topological polar surface area (TPSA) is 58.1 Å². The summed E-state index contributed by atoms with van der Waals surface area (Å²) in [4.78, 5) is 6.79. The van der Waals surface area contributed by atoms with Gasteiger partial charge >= 0.3 is 0 Å². The highest BCUT2D eigenvalue weighted by Gasteiger charge is 2.24. The van der Waals surface area contributed by atoms with Gasteiger partial charge in [-0.3, -0.25) is 4.99 Å². The van der Waals surface area contributed by atoms with Crippen molar-refractivity contribution in [1.82, 2.24) is 10.6 Å². The number of anilines is 1. The molecule has 2 N–H and O–H groups in total. The van der Waals surface area contributed by atoms with Crippen LogP contribution in [0.25, 0.3) is 0 Å². The molecule has 2 unspecified atom stereocenters. The Bertz CT molecular complexity index is 828. The number of aryl methyl sites for hydroxylation is 1. The molecule has 2 aliphatic rings. The van der Waals surface area contributed by atoms with E-state index in [1.54, 1.807) is 7.05 Å². The van der Waals surface area contributed by atoms with Gasteiger partial charge in [0.15, 0.2) is 17.5 Å². The number of rotatable bonds is 4. The maximum absolute atomic E-state index is 6.00. The first kappa shape index (κ1) is 21.5. The van der Waals surface area contributed by atoms with E-state index in [9.17, 15) is 0 Å². The summed E-state index contributed by atoms with van der Waals surface area (Å²) in [6.45, 7) is 5.32. The van der Waals surface area contributed by atoms with Gasteiger partial charge in [-0.2, -0.15) is 0 Å². The monoisotopic (exact) mass is 508 g/mol. The van der Waals surface area contributed by atoms with E-state index in [4.69, 9.17) is 9.47 Å². The van der Waals surface area contributed by atoms with Crippen LogP contribution < -0.4 is 25.0 Å². The van der Waals surface area contributed by atoms with Crippen LogP contribution in [-0.4, -0.2) is 51.4 Å². The van der Waals surface area contributed by atoms with Crippen molar-refractivity contribution in [1.29, 1.82) is 0 Å². The third kappa shape index (κ3) is 5.46. The Hall–Kier alpha value is -2.16. The van der Waals surface area contributed by atoms with Crippen LogP contribution in [0.15, 0.2) is 53.5 Å². The van der Waals surface area contributed by atoms with Gasteiger partial charge in [0.05, 0.1) is 6.54 Å². The summed E-state index contributed by atoms with van der Waals surface area (Å²) in [6, 6.07) is 16.9. The molecular formula is C22H29IN4O2. The number of nitrogens with zero attached hydrogens (tertiary/aromatic N) is 2. The zero-order chi connectivity index (χ0) is 19.3. The van der Waals surface area contributed by atoms with E-state index in [2.05, 4.69) is 51.7 Å². The number of fused-ring (bicyclic) bond motifs is 1. The summed E-state index contributed by atoms with van der Waals surface area (Å²) in [7, 11) is 1.80. The number of nitrogens with one attached hydrogen (secondary N) is 2. The van der Waals surface area contributed by atoms with Crippen molar-refractivity contribution in [3.05, 3.63) is 54.1 Å². The van der Waals surface area contributed by atoms with Gasteiger partial charge < -0.3 is 25.0 Å². The van der Waals surface area contributed by atoms with Gasteiger partial charge in [-0.15, -0.1) is 24.0 Å². The van der Waals surface area contributed by atoms with Crippen molar-refractivity contribution in [2.45, 2.75) is 25.5 Å². The van der Waals surface area contributed by atoms with Crippen molar-refractivity contribution in [2.75, 3.05) is 38.2 Å². The molecular weight excluding hydrogens is 479 g/mol. The molecule has 1 fully saturated rings. The van der Waals surface area contributed by atoms with Crippen LogP contribution >= 0.6 is 24.0 Å². The predicted octanol–water partition coefficient (Wildman–Crippen LogP) is 3.20. The van der Waals surface area contributed by atoms with Crippen LogP contribution in [0.1, 0.15) is 12.0 Å². The number of hydrogen-bond donors (Lipinski definition) is 2. The molecule has 0 radical (unpaired) electrons. The molecule has 2 aliphatic heterocycles. The minimum absolute atomic E-state index is 0. The molecule has 0 aliphatic carbocycles. The lowest BCUT2D eigenvalue weighted by Gasteiger charge is -2.27. The van der Waals surface area contributed by atoms with Crippen LogP contribution in [0, 0.1) is 6.92 Å². The second kappa shape index (κ2) is 10.0. The summed E-state index contributed by atoms with van der Waals surface area (Å²) in [5.41, 5.74) is 2.57. The minimum atomic E-state index is -0.0407.